The highest BCUT2D eigenvalue weighted by Gasteiger charge is 2.31. The fourth-order valence-corrected chi connectivity index (χ4v) is 6.29. The number of benzene rings is 1. The summed E-state index contributed by atoms with van der Waals surface area (Å²) in [5.74, 6) is 0.281. The topological polar surface area (TPSA) is 118 Å². The number of carbonyl (C=O) groups excluding carboxylic acids is 1. The summed E-state index contributed by atoms with van der Waals surface area (Å²) >= 11 is 0. The summed E-state index contributed by atoms with van der Waals surface area (Å²) in [6.07, 6.45) is -0.564. The van der Waals surface area contributed by atoms with Crippen molar-refractivity contribution in [2.24, 2.45) is 7.05 Å². The number of ether oxygens (including phenoxy) is 1. The van der Waals surface area contributed by atoms with Crippen LogP contribution in [0.1, 0.15) is 28.4 Å². The number of piperazine rings is 1. The quantitative estimate of drug-likeness (QED) is 0.232. The Bertz CT molecular complexity index is 1950. The van der Waals surface area contributed by atoms with E-state index in [1.165, 1.54) is 12.1 Å². The lowest BCUT2D eigenvalue weighted by atomic mass is 10.0. The third-order valence-electron chi connectivity index (χ3n) is 8.71. The smallest absolute Gasteiger partial charge is 0.371 e. The Morgan fingerprint density at radius 3 is 2.59 bits per heavy atom. The van der Waals surface area contributed by atoms with E-state index >= 15 is 0 Å². The van der Waals surface area contributed by atoms with Crippen LogP contribution in [0.25, 0.3) is 28.2 Å². The first-order chi connectivity index (χ1) is 23.6. The molecule has 0 aliphatic carbocycles. The molecule has 1 amide bonds. The zero-order chi connectivity index (χ0) is 34.1. The maximum atomic E-state index is 13.9. The van der Waals surface area contributed by atoms with Crippen LogP contribution in [0, 0.1) is 5.82 Å². The lowest BCUT2D eigenvalue weighted by molar-refractivity contribution is -0.138. The van der Waals surface area contributed by atoms with Crippen LogP contribution in [-0.4, -0.2) is 98.8 Å². The highest BCUT2D eigenvalue weighted by Crippen LogP contribution is 2.39. The summed E-state index contributed by atoms with van der Waals surface area (Å²) < 4.78 is 61.6. The Labute approximate surface area is 278 Å². The summed E-state index contributed by atoms with van der Waals surface area (Å²) in [6.45, 7) is 3.65. The molecule has 256 valence electrons. The first-order valence-electron chi connectivity index (χ1n) is 15.9. The lowest BCUT2D eigenvalue weighted by Crippen LogP contribution is -2.47. The normalized spacial score (nSPS) is 17.5. The molecule has 2 N–H and O–H groups in total. The maximum Gasteiger partial charge on any atom is 0.390 e. The van der Waals surface area contributed by atoms with Gasteiger partial charge in [0.25, 0.3) is 5.91 Å². The van der Waals surface area contributed by atoms with Crippen molar-refractivity contribution in [2.45, 2.75) is 18.7 Å². The van der Waals surface area contributed by atoms with Crippen LogP contribution in [0.2, 0.25) is 0 Å². The lowest BCUT2D eigenvalue weighted by Gasteiger charge is -2.36. The highest BCUT2D eigenvalue weighted by molar-refractivity contribution is 6.05. The minimum absolute atomic E-state index is 0.0534. The number of rotatable bonds is 8. The van der Waals surface area contributed by atoms with E-state index in [0.29, 0.717) is 84.4 Å². The number of morpholine rings is 1. The number of aromatic nitrogens is 6. The summed E-state index contributed by atoms with van der Waals surface area (Å²) in [5.41, 5.74) is 4.06. The van der Waals surface area contributed by atoms with Gasteiger partial charge >= 0.3 is 6.18 Å². The molecule has 0 bridgehead atoms. The van der Waals surface area contributed by atoms with Crippen LogP contribution in [0.3, 0.4) is 0 Å². The van der Waals surface area contributed by atoms with Crippen LogP contribution in [0.4, 0.5) is 29.2 Å². The zero-order valence-electron chi connectivity index (χ0n) is 26.6. The van der Waals surface area contributed by atoms with Gasteiger partial charge < -0.3 is 20.3 Å². The van der Waals surface area contributed by atoms with Crippen molar-refractivity contribution in [3.63, 3.8) is 0 Å². The molecule has 1 unspecified atom stereocenters. The first kappa shape index (κ1) is 32.6. The molecule has 0 saturated carbocycles. The number of nitrogens with one attached hydrogen (secondary N) is 2. The van der Waals surface area contributed by atoms with E-state index in [-0.39, 0.29) is 24.4 Å². The van der Waals surface area contributed by atoms with E-state index in [2.05, 4.69) is 25.5 Å². The number of hydrogen-bond acceptors (Lipinski definition) is 9. The van der Waals surface area contributed by atoms with Crippen molar-refractivity contribution in [2.75, 3.05) is 62.6 Å². The second kappa shape index (κ2) is 13.5. The number of amides is 1. The number of aryl methyl sites for hydroxylation is 1. The molecule has 1 aromatic carbocycles. The number of pyridine rings is 1. The van der Waals surface area contributed by atoms with Gasteiger partial charge in [0.05, 0.1) is 36.6 Å². The SMILES string of the molecule is Cn1nc(-c2ccc(F)cc2)c(-c2ccc3nc(NC(=O)c4ccncc4C4CNCCO4)cn3n2)c1N1CCN(CCC(F)(F)F)CC1. The van der Waals surface area contributed by atoms with Gasteiger partial charge in [-0.05, 0) is 42.5 Å². The molecule has 1 atom stereocenters. The molecule has 2 aliphatic rings. The number of fused-ring (bicyclic) bond motifs is 1. The average Bonchev–Trinajstić information content (AvgIpc) is 3.67. The summed E-state index contributed by atoms with van der Waals surface area (Å²) in [7, 11) is 1.80. The van der Waals surface area contributed by atoms with Crippen LogP contribution in [-0.2, 0) is 11.8 Å². The van der Waals surface area contributed by atoms with Crippen molar-refractivity contribution < 1.29 is 27.1 Å². The third kappa shape index (κ3) is 7.11. The van der Waals surface area contributed by atoms with E-state index in [1.807, 2.05) is 0 Å². The fraction of sp³-hybridized carbons (Fsp3) is 0.364. The molecule has 0 radical (unpaired) electrons. The first-order valence-corrected chi connectivity index (χ1v) is 15.9. The van der Waals surface area contributed by atoms with Crippen LogP contribution < -0.4 is 15.5 Å². The summed E-state index contributed by atoms with van der Waals surface area (Å²) in [4.78, 5) is 26.1. The number of carbonyl (C=O) groups is 1. The van der Waals surface area contributed by atoms with E-state index in [4.69, 9.17) is 14.9 Å². The number of halogens is 4. The van der Waals surface area contributed by atoms with Crippen molar-refractivity contribution in [1.82, 2.24) is 39.6 Å². The second-order valence-electron chi connectivity index (χ2n) is 12.0. The third-order valence-corrected chi connectivity index (χ3v) is 8.71. The molecule has 12 nitrogen and oxygen atoms in total. The van der Waals surface area contributed by atoms with E-state index in [1.54, 1.807) is 70.1 Å². The van der Waals surface area contributed by atoms with Crippen molar-refractivity contribution in [3.05, 3.63) is 78.0 Å². The Morgan fingerprint density at radius 2 is 1.86 bits per heavy atom. The second-order valence-corrected chi connectivity index (χ2v) is 12.0. The molecular formula is C33H34F4N10O2. The van der Waals surface area contributed by atoms with Crippen molar-refractivity contribution >= 4 is 23.2 Å². The number of imidazole rings is 1. The molecule has 5 aromatic rings. The minimum Gasteiger partial charge on any atom is -0.371 e. The fourth-order valence-electron chi connectivity index (χ4n) is 6.29. The summed E-state index contributed by atoms with van der Waals surface area (Å²) in [6, 6.07) is 11.2. The Hall–Kier alpha value is -4.93. The van der Waals surface area contributed by atoms with Gasteiger partial charge in [-0.25, -0.2) is 13.9 Å². The molecule has 0 spiro atoms. The Balaban J connectivity index is 1.19. The minimum atomic E-state index is -4.21. The van der Waals surface area contributed by atoms with Crippen LogP contribution in [0.15, 0.2) is 61.1 Å². The van der Waals surface area contributed by atoms with Gasteiger partial charge in [-0.1, -0.05) is 0 Å². The van der Waals surface area contributed by atoms with E-state index in [9.17, 15) is 22.4 Å². The molecule has 16 heteroatoms. The number of anilines is 2. The van der Waals surface area contributed by atoms with Gasteiger partial charge in [0.1, 0.15) is 17.3 Å². The van der Waals surface area contributed by atoms with Gasteiger partial charge in [-0.15, -0.1) is 0 Å². The standard InChI is InChI=1S/C33H34F4N10O2/c1-44-32(46-15-13-45(14-16-46)12-9-33(35,36)37)29(30(43-44)21-2-4-22(34)5-3-21)25-6-7-28-40-27(20-47(28)42-25)41-31(48)23-8-10-38-18-24(23)26-19-39-11-17-49-26/h2-8,10,18,20,26,39H,9,11-17,19H2,1H3,(H,41,48). The molecule has 2 fully saturated rings. The van der Waals surface area contributed by atoms with Gasteiger partial charge in [0.2, 0.25) is 0 Å². The molecule has 2 saturated heterocycles. The zero-order valence-corrected chi connectivity index (χ0v) is 26.6. The molecule has 4 aromatic heterocycles. The molecule has 6 heterocycles. The highest BCUT2D eigenvalue weighted by atomic mass is 19.4. The maximum absolute atomic E-state index is 13.9. The van der Waals surface area contributed by atoms with Gasteiger partial charge in [-0.3, -0.25) is 19.4 Å². The predicted octanol–water partition coefficient (Wildman–Crippen LogP) is 4.32. The summed E-state index contributed by atoms with van der Waals surface area (Å²) in [5, 5.41) is 15.8. The van der Waals surface area contributed by atoms with Gasteiger partial charge in [0, 0.05) is 81.9 Å². The number of nitrogens with zero attached hydrogens (tertiary/aromatic N) is 8. The largest absolute Gasteiger partial charge is 0.390 e. The molecule has 2 aliphatic heterocycles. The van der Waals surface area contributed by atoms with E-state index < -0.39 is 12.6 Å². The Morgan fingerprint density at radius 1 is 1.06 bits per heavy atom. The molecule has 7 rings (SSSR count). The molecular weight excluding hydrogens is 644 g/mol. The number of hydrogen-bond donors (Lipinski definition) is 2. The average molecular weight is 679 g/mol. The van der Waals surface area contributed by atoms with Gasteiger partial charge in [0.15, 0.2) is 11.5 Å². The van der Waals surface area contributed by atoms with E-state index in [0.717, 1.165) is 12.4 Å². The predicted molar refractivity (Wildman–Crippen MR) is 174 cm³/mol. The van der Waals surface area contributed by atoms with Crippen molar-refractivity contribution in [1.29, 1.82) is 0 Å². The Kier molecular flexibility index (Phi) is 9.00. The monoisotopic (exact) mass is 678 g/mol. The van der Waals surface area contributed by atoms with Crippen LogP contribution in [0.5, 0.6) is 0 Å². The van der Waals surface area contributed by atoms with Gasteiger partial charge in [-0.2, -0.15) is 23.4 Å². The molecule has 49 heavy (non-hydrogen) atoms. The number of alkyl halides is 3. The van der Waals surface area contributed by atoms with Crippen LogP contribution >= 0.6 is 0 Å². The van der Waals surface area contributed by atoms with Crippen molar-refractivity contribution in [3.8, 4) is 22.5 Å².